The minimum Gasteiger partial charge on any atom is -0.478 e. The summed E-state index contributed by atoms with van der Waals surface area (Å²) in [7, 11) is 0. The first-order valence-corrected chi connectivity index (χ1v) is 5.55. The van der Waals surface area contributed by atoms with E-state index in [1.165, 1.54) is 25.2 Å². The third-order valence-corrected chi connectivity index (χ3v) is 3.07. The molecule has 0 unspecified atom stereocenters. The highest BCUT2D eigenvalue weighted by atomic mass is 32.1. The first kappa shape index (κ1) is 12.9. The van der Waals surface area contributed by atoms with E-state index in [4.69, 9.17) is 10.4 Å². The molecule has 6 heteroatoms. The van der Waals surface area contributed by atoms with E-state index in [0.29, 0.717) is 10.6 Å². The van der Waals surface area contributed by atoms with Crippen LogP contribution in [0.25, 0.3) is 0 Å². The molecular formula is C11H10N2O3S. The van der Waals surface area contributed by atoms with E-state index in [2.05, 4.69) is 5.32 Å². The van der Waals surface area contributed by atoms with Gasteiger partial charge >= 0.3 is 5.97 Å². The first-order chi connectivity index (χ1) is 7.97. The number of carboxylic acids is 1. The van der Waals surface area contributed by atoms with Crippen molar-refractivity contribution in [2.45, 2.75) is 13.8 Å². The Morgan fingerprint density at radius 1 is 1.41 bits per heavy atom. The zero-order valence-electron chi connectivity index (χ0n) is 9.27. The molecule has 2 N–H and O–H groups in total. The van der Waals surface area contributed by atoms with Crippen LogP contribution < -0.4 is 5.32 Å². The molecule has 1 rings (SSSR count). The van der Waals surface area contributed by atoms with Crippen molar-refractivity contribution in [1.29, 1.82) is 5.26 Å². The molecule has 0 aliphatic rings. The molecule has 17 heavy (non-hydrogen) atoms. The third kappa shape index (κ3) is 2.92. The van der Waals surface area contributed by atoms with Gasteiger partial charge in [-0.1, -0.05) is 0 Å². The summed E-state index contributed by atoms with van der Waals surface area (Å²) in [6.45, 7) is 2.79. The van der Waals surface area contributed by atoms with E-state index in [-0.39, 0.29) is 11.1 Å². The van der Waals surface area contributed by atoms with Crippen molar-refractivity contribution in [3.63, 3.8) is 0 Å². The molecule has 1 amide bonds. The fourth-order valence-corrected chi connectivity index (χ4v) is 1.75. The van der Waals surface area contributed by atoms with Crippen LogP contribution in [0.2, 0.25) is 0 Å². The number of nitriles is 1. The average Bonchev–Trinajstić information content (AvgIpc) is 2.73. The number of nitrogens with one attached hydrogen (secondary N) is 1. The van der Waals surface area contributed by atoms with Crippen molar-refractivity contribution >= 4 is 28.2 Å². The Morgan fingerprint density at radius 3 is 2.59 bits per heavy atom. The van der Waals surface area contributed by atoms with E-state index in [0.717, 1.165) is 0 Å². The van der Waals surface area contributed by atoms with Crippen LogP contribution in [0.5, 0.6) is 0 Å². The Hall–Kier alpha value is -2.13. The number of anilines is 1. The van der Waals surface area contributed by atoms with E-state index in [1.54, 1.807) is 11.4 Å². The smallest absolute Gasteiger partial charge is 0.331 e. The van der Waals surface area contributed by atoms with Crippen LogP contribution in [-0.2, 0) is 9.59 Å². The summed E-state index contributed by atoms with van der Waals surface area (Å²) in [4.78, 5) is 22.4. The van der Waals surface area contributed by atoms with Crippen molar-refractivity contribution in [3.05, 3.63) is 28.2 Å². The topological polar surface area (TPSA) is 90.2 Å². The summed E-state index contributed by atoms with van der Waals surface area (Å²) in [5, 5.41) is 22.1. The Bertz CT molecular complexity index is 537. The number of carbonyl (C=O) groups excluding carboxylic acids is 1. The Morgan fingerprint density at radius 2 is 2.06 bits per heavy atom. The van der Waals surface area contributed by atoms with Gasteiger partial charge in [0, 0.05) is 11.1 Å². The SMILES string of the molecule is C/C(C(=O)O)=C(\C)C(=O)Nc1sccc1C#N. The highest BCUT2D eigenvalue weighted by molar-refractivity contribution is 7.14. The van der Waals surface area contributed by atoms with Crippen molar-refractivity contribution in [1.82, 2.24) is 0 Å². The predicted molar refractivity (Wildman–Crippen MR) is 63.7 cm³/mol. The average molecular weight is 250 g/mol. The third-order valence-electron chi connectivity index (χ3n) is 2.24. The molecule has 0 saturated carbocycles. The zero-order chi connectivity index (χ0) is 13.0. The van der Waals surface area contributed by atoms with Crippen LogP contribution in [0.4, 0.5) is 5.00 Å². The molecule has 0 atom stereocenters. The second kappa shape index (κ2) is 5.27. The fourth-order valence-electron chi connectivity index (χ4n) is 1.02. The van der Waals surface area contributed by atoms with Crippen LogP contribution in [-0.4, -0.2) is 17.0 Å². The number of rotatable bonds is 3. The predicted octanol–water partition coefficient (Wildman–Crippen LogP) is 1.98. The molecule has 0 spiro atoms. The van der Waals surface area contributed by atoms with Gasteiger partial charge < -0.3 is 10.4 Å². The van der Waals surface area contributed by atoms with Gasteiger partial charge in [0.2, 0.25) is 0 Å². The van der Waals surface area contributed by atoms with Crippen LogP contribution >= 0.6 is 11.3 Å². The minimum absolute atomic E-state index is 0.0161. The number of thiophene rings is 1. The lowest BCUT2D eigenvalue weighted by atomic mass is 10.1. The van der Waals surface area contributed by atoms with Crippen molar-refractivity contribution < 1.29 is 14.7 Å². The van der Waals surface area contributed by atoms with Gasteiger partial charge in [-0.3, -0.25) is 4.79 Å². The maximum Gasteiger partial charge on any atom is 0.331 e. The van der Waals surface area contributed by atoms with Gasteiger partial charge in [-0.05, 0) is 25.3 Å². The van der Waals surface area contributed by atoms with Gasteiger partial charge in [-0.15, -0.1) is 11.3 Å². The standard InChI is InChI=1S/C11H10N2O3S/c1-6(7(2)11(15)16)9(14)13-10-8(5-12)3-4-17-10/h3-4H,1-2H3,(H,13,14)(H,15,16)/b7-6-. The van der Waals surface area contributed by atoms with Crippen LogP contribution in [0.1, 0.15) is 19.4 Å². The molecule has 0 fully saturated rings. The molecular weight excluding hydrogens is 240 g/mol. The van der Waals surface area contributed by atoms with Gasteiger partial charge in [0.1, 0.15) is 11.1 Å². The van der Waals surface area contributed by atoms with Gasteiger partial charge in [0.15, 0.2) is 0 Å². The number of aliphatic carboxylic acids is 1. The molecule has 1 aromatic heterocycles. The molecule has 0 aliphatic heterocycles. The maximum atomic E-state index is 11.7. The fraction of sp³-hybridized carbons (Fsp3) is 0.182. The van der Waals surface area contributed by atoms with Crippen molar-refractivity contribution in [2.75, 3.05) is 5.32 Å². The quantitative estimate of drug-likeness (QED) is 0.802. The zero-order valence-corrected chi connectivity index (χ0v) is 10.1. The van der Waals surface area contributed by atoms with E-state index in [9.17, 15) is 9.59 Å². The minimum atomic E-state index is -1.13. The number of hydrogen-bond donors (Lipinski definition) is 2. The second-order valence-electron chi connectivity index (χ2n) is 3.28. The highest BCUT2D eigenvalue weighted by Crippen LogP contribution is 2.22. The summed E-state index contributed by atoms with van der Waals surface area (Å²) in [5.41, 5.74) is 0.469. The second-order valence-corrected chi connectivity index (χ2v) is 4.20. The molecule has 5 nitrogen and oxygen atoms in total. The largest absolute Gasteiger partial charge is 0.478 e. The number of carboxylic acid groups (broad SMARTS) is 1. The highest BCUT2D eigenvalue weighted by Gasteiger charge is 2.14. The monoisotopic (exact) mass is 250 g/mol. The first-order valence-electron chi connectivity index (χ1n) is 4.67. The normalized spacial score (nSPS) is 11.4. The molecule has 0 saturated heterocycles. The molecule has 1 aromatic rings. The van der Waals surface area contributed by atoms with E-state index in [1.807, 2.05) is 6.07 Å². The van der Waals surface area contributed by atoms with E-state index < -0.39 is 11.9 Å². The van der Waals surface area contributed by atoms with Crippen molar-refractivity contribution in [3.8, 4) is 6.07 Å². The van der Waals surface area contributed by atoms with Gasteiger partial charge in [-0.25, -0.2) is 4.79 Å². The molecule has 0 bridgehead atoms. The summed E-state index contributed by atoms with van der Waals surface area (Å²) in [5.74, 6) is -1.65. The number of amides is 1. The van der Waals surface area contributed by atoms with Crippen LogP contribution in [0, 0.1) is 11.3 Å². The number of nitrogens with zero attached hydrogens (tertiary/aromatic N) is 1. The number of carbonyl (C=O) groups is 2. The maximum absolute atomic E-state index is 11.7. The van der Waals surface area contributed by atoms with E-state index >= 15 is 0 Å². The molecule has 1 heterocycles. The van der Waals surface area contributed by atoms with Crippen molar-refractivity contribution in [2.24, 2.45) is 0 Å². The summed E-state index contributed by atoms with van der Waals surface area (Å²) in [6, 6.07) is 3.52. The Kier molecular flexibility index (Phi) is 4.01. The lowest BCUT2D eigenvalue weighted by molar-refractivity contribution is -0.133. The lowest BCUT2D eigenvalue weighted by Crippen LogP contribution is -2.16. The molecule has 0 radical (unpaired) electrons. The van der Waals surface area contributed by atoms with Crippen LogP contribution in [0.3, 0.4) is 0 Å². The molecule has 0 aliphatic carbocycles. The Labute approximate surface area is 102 Å². The van der Waals surface area contributed by atoms with Gasteiger partial charge in [-0.2, -0.15) is 5.26 Å². The lowest BCUT2D eigenvalue weighted by Gasteiger charge is -2.05. The van der Waals surface area contributed by atoms with Crippen LogP contribution in [0.15, 0.2) is 22.6 Å². The van der Waals surface area contributed by atoms with Gasteiger partial charge in [0.05, 0.1) is 5.56 Å². The number of hydrogen-bond acceptors (Lipinski definition) is 4. The molecule has 0 aromatic carbocycles. The summed E-state index contributed by atoms with van der Waals surface area (Å²) in [6.07, 6.45) is 0. The Balaban J connectivity index is 2.92. The summed E-state index contributed by atoms with van der Waals surface area (Å²) >= 11 is 1.22. The van der Waals surface area contributed by atoms with Gasteiger partial charge in [0.25, 0.3) is 5.91 Å². The molecule has 88 valence electrons. The summed E-state index contributed by atoms with van der Waals surface area (Å²) < 4.78 is 0.